The highest BCUT2D eigenvalue weighted by Gasteiger charge is 2.32. The third-order valence-corrected chi connectivity index (χ3v) is 4.50. The summed E-state index contributed by atoms with van der Waals surface area (Å²) in [6.45, 7) is 3.86. The van der Waals surface area contributed by atoms with Crippen LogP contribution in [0.25, 0.3) is 11.8 Å². The van der Waals surface area contributed by atoms with Gasteiger partial charge >= 0.3 is 0 Å². The second kappa shape index (κ2) is 6.31. The fourth-order valence-electron chi connectivity index (χ4n) is 2.25. The molecule has 0 aromatic carbocycles. The summed E-state index contributed by atoms with van der Waals surface area (Å²) in [6, 6.07) is 5.77. The third kappa shape index (κ3) is 2.88. The summed E-state index contributed by atoms with van der Waals surface area (Å²) in [5.41, 5.74) is 0.979. The van der Waals surface area contributed by atoms with Crippen molar-refractivity contribution in [3.8, 4) is 5.69 Å². The second-order valence-corrected chi connectivity index (χ2v) is 6.12. The summed E-state index contributed by atoms with van der Waals surface area (Å²) in [6.07, 6.45) is 6.99. The molecule has 2 aromatic rings. The number of rotatable bonds is 4. The molecule has 2 amide bonds. The normalized spacial score (nSPS) is 16.8. The molecule has 2 aromatic heterocycles. The smallest absolute Gasteiger partial charge is 0.265 e. The van der Waals surface area contributed by atoms with E-state index in [4.69, 9.17) is 12.2 Å². The van der Waals surface area contributed by atoms with Gasteiger partial charge in [0.15, 0.2) is 5.11 Å². The maximum Gasteiger partial charge on any atom is 0.265 e. The first-order chi connectivity index (χ1) is 11.1. The van der Waals surface area contributed by atoms with E-state index in [1.54, 1.807) is 12.2 Å². The number of thiocarbonyl (C=S) groups is 1. The highest BCUT2D eigenvalue weighted by molar-refractivity contribution is 7.80. The minimum atomic E-state index is -0.479. The molecular weight excluding hydrogens is 330 g/mol. The Balaban J connectivity index is 2.00. The molecule has 0 bridgehead atoms. The summed E-state index contributed by atoms with van der Waals surface area (Å²) in [5.74, 6) is -0.891. The molecule has 5 nitrogen and oxygen atoms in total. The standard InChI is InChI=1S/C16H13N3O2S2/c1-2-6-19-15(21)11(14(20)17-16(19)22)10-13-12(5-9-23-13)18-7-3-4-8-18/h2-5,7-10H,1,6H2,(H,17,20,22). The van der Waals surface area contributed by atoms with Crippen LogP contribution in [0.5, 0.6) is 0 Å². The van der Waals surface area contributed by atoms with Gasteiger partial charge in [0.05, 0.1) is 10.6 Å². The van der Waals surface area contributed by atoms with Crippen molar-refractivity contribution in [1.29, 1.82) is 0 Å². The summed E-state index contributed by atoms with van der Waals surface area (Å²) in [4.78, 5) is 26.8. The van der Waals surface area contributed by atoms with E-state index >= 15 is 0 Å². The van der Waals surface area contributed by atoms with E-state index < -0.39 is 11.8 Å². The molecule has 0 spiro atoms. The van der Waals surface area contributed by atoms with Crippen molar-refractivity contribution in [2.24, 2.45) is 0 Å². The minimum absolute atomic E-state index is 0.0660. The van der Waals surface area contributed by atoms with Crippen LogP contribution in [-0.4, -0.2) is 32.9 Å². The fraction of sp³-hybridized carbons (Fsp3) is 0.0625. The highest BCUT2D eigenvalue weighted by atomic mass is 32.1. The number of nitrogens with zero attached hydrogens (tertiary/aromatic N) is 2. The minimum Gasteiger partial charge on any atom is -0.322 e. The maximum absolute atomic E-state index is 12.5. The highest BCUT2D eigenvalue weighted by Crippen LogP contribution is 2.25. The molecule has 1 aliphatic rings. The zero-order chi connectivity index (χ0) is 16.4. The van der Waals surface area contributed by atoms with Crippen LogP contribution in [0, 0.1) is 0 Å². The van der Waals surface area contributed by atoms with Crippen LogP contribution < -0.4 is 5.32 Å². The molecule has 3 heterocycles. The van der Waals surface area contributed by atoms with Crippen molar-refractivity contribution in [2.45, 2.75) is 0 Å². The lowest BCUT2D eigenvalue weighted by atomic mass is 10.1. The van der Waals surface area contributed by atoms with Crippen molar-refractivity contribution >= 4 is 46.6 Å². The summed E-state index contributed by atoms with van der Waals surface area (Å²) < 4.78 is 1.93. The molecule has 0 atom stereocenters. The predicted molar refractivity (Wildman–Crippen MR) is 94.3 cm³/mol. The average molecular weight is 343 g/mol. The van der Waals surface area contributed by atoms with E-state index in [9.17, 15) is 9.59 Å². The first-order valence-corrected chi connectivity index (χ1v) is 8.11. The van der Waals surface area contributed by atoms with E-state index in [0.29, 0.717) is 0 Å². The van der Waals surface area contributed by atoms with Gasteiger partial charge in [-0.05, 0) is 41.9 Å². The Labute approximate surface area is 142 Å². The SMILES string of the molecule is C=CCN1C(=O)C(=Cc2sccc2-n2cccc2)C(=O)NC1=S. The van der Waals surface area contributed by atoms with Gasteiger partial charge in [-0.2, -0.15) is 0 Å². The van der Waals surface area contributed by atoms with Crippen molar-refractivity contribution < 1.29 is 9.59 Å². The molecular formula is C16H13N3O2S2. The van der Waals surface area contributed by atoms with Crippen molar-refractivity contribution in [3.63, 3.8) is 0 Å². The van der Waals surface area contributed by atoms with Crippen molar-refractivity contribution in [3.05, 3.63) is 59.1 Å². The van der Waals surface area contributed by atoms with Crippen LogP contribution in [0.3, 0.4) is 0 Å². The largest absolute Gasteiger partial charge is 0.322 e. The van der Waals surface area contributed by atoms with Gasteiger partial charge < -0.3 is 4.57 Å². The number of aromatic nitrogens is 1. The Morgan fingerprint density at radius 1 is 1.30 bits per heavy atom. The van der Waals surface area contributed by atoms with Gasteiger partial charge in [-0.1, -0.05) is 6.08 Å². The number of nitrogens with one attached hydrogen (secondary N) is 1. The van der Waals surface area contributed by atoms with Crippen LogP contribution in [0.1, 0.15) is 4.88 Å². The number of hydrogen-bond donors (Lipinski definition) is 1. The van der Waals surface area contributed by atoms with Gasteiger partial charge in [-0.15, -0.1) is 17.9 Å². The molecule has 0 unspecified atom stereocenters. The summed E-state index contributed by atoms with van der Waals surface area (Å²) >= 11 is 6.49. The Morgan fingerprint density at radius 2 is 2.04 bits per heavy atom. The number of carbonyl (C=O) groups excluding carboxylic acids is 2. The van der Waals surface area contributed by atoms with Crippen LogP contribution in [0.2, 0.25) is 0 Å². The van der Waals surface area contributed by atoms with Gasteiger partial charge in [-0.25, -0.2) is 0 Å². The monoisotopic (exact) mass is 343 g/mol. The Morgan fingerprint density at radius 3 is 2.74 bits per heavy atom. The topological polar surface area (TPSA) is 54.3 Å². The molecule has 0 aliphatic carbocycles. The quantitative estimate of drug-likeness (QED) is 0.401. The lowest BCUT2D eigenvalue weighted by molar-refractivity contribution is -0.128. The molecule has 3 rings (SSSR count). The van der Waals surface area contributed by atoms with Gasteiger partial charge in [0.1, 0.15) is 5.57 Å². The first-order valence-electron chi connectivity index (χ1n) is 6.82. The molecule has 1 fully saturated rings. The molecule has 0 saturated carbocycles. The zero-order valence-corrected chi connectivity index (χ0v) is 13.7. The molecule has 1 N–H and O–H groups in total. The number of carbonyl (C=O) groups is 2. The van der Waals surface area contributed by atoms with Crippen LogP contribution in [-0.2, 0) is 9.59 Å². The van der Waals surface area contributed by atoms with E-state index in [1.807, 2.05) is 40.5 Å². The first kappa shape index (κ1) is 15.4. The summed E-state index contributed by atoms with van der Waals surface area (Å²) in [7, 11) is 0. The van der Waals surface area contributed by atoms with Crippen LogP contribution in [0.4, 0.5) is 0 Å². The van der Waals surface area contributed by atoms with Crippen molar-refractivity contribution in [2.75, 3.05) is 6.54 Å². The molecule has 116 valence electrons. The number of thiophene rings is 1. The van der Waals surface area contributed by atoms with E-state index in [2.05, 4.69) is 11.9 Å². The maximum atomic E-state index is 12.5. The Kier molecular flexibility index (Phi) is 4.22. The van der Waals surface area contributed by atoms with Crippen molar-refractivity contribution in [1.82, 2.24) is 14.8 Å². The van der Waals surface area contributed by atoms with E-state index in [-0.39, 0.29) is 17.2 Å². The predicted octanol–water partition coefficient (Wildman–Crippen LogP) is 2.35. The number of hydrogen-bond acceptors (Lipinski definition) is 4. The van der Waals surface area contributed by atoms with Gasteiger partial charge in [0.2, 0.25) is 0 Å². The molecule has 1 saturated heterocycles. The molecule has 1 aliphatic heterocycles. The molecule has 23 heavy (non-hydrogen) atoms. The fourth-order valence-corrected chi connectivity index (χ4v) is 3.32. The Bertz CT molecular complexity index is 818. The second-order valence-electron chi connectivity index (χ2n) is 4.78. The van der Waals surface area contributed by atoms with E-state index in [0.717, 1.165) is 10.6 Å². The van der Waals surface area contributed by atoms with Crippen LogP contribution in [0.15, 0.2) is 54.2 Å². The number of amides is 2. The average Bonchev–Trinajstić information content (AvgIpc) is 3.18. The lowest BCUT2D eigenvalue weighted by Crippen LogP contribution is -2.53. The van der Waals surface area contributed by atoms with Gasteiger partial charge in [-0.3, -0.25) is 19.8 Å². The van der Waals surface area contributed by atoms with Crippen LogP contribution >= 0.6 is 23.6 Å². The Hall–Kier alpha value is -2.51. The van der Waals surface area contributed by atoms with Gasteiger partial charge in [0, 0.05) is 18.9 Å². The van der Waals surface area contributed by atoms with Gasteiger partial charge in [0.25, 0.3) is 11.8 Å². The van der Waals surface area contributed by atoms with E-state index in [1.165, 1.54) is 16.2 Å². The lowest BCUT2D eigenvalue weighted by Gasteiger charge is -2.27. The zero-order valence-electron chi connectivity index (χ0n) is 12.1. The third-order valence-electron chi connectivity index (χ3n) is 3.33. The molecule has 7 heteroatoms. The molecule has 0 radical (unpaired) electrons. The summed E-state index contributed by atoms with van der Waals surface area (Å²) in [5, 5.41) is 4.56.